The molecule has 0 saturated carbocycles. The Morgan fingerprint density at radius 2 is 2.00 bits per heavy atom. The molecule has 2 rings (SSSR count). The predicted octanol–water partition coefficient (Wildman–Crippen LogP) is 3.68. The summed E-state index contributed by atoms with van der Waals surface area (Å²) >= 11 is 5.69. The molecule has 2 heterocycles. The molecule has 0 aliphatic carbocycles. The van der Waals surface area contributed by atoms with Crippen LogP contribution in [0, 0.1) is 5.92 Å². The fourth-order valence-electron chi connectivity index (χ4n) is 2.58. The summed E-state index contributed by atoms with van der Waals surface area (Å²) in [5.74, 6) is 0.583. The van der Waals surface area contributed by atoms with Crippen molar-refractivity contribution in [2.75, 3.05) is 19.7 Å². The maximum atomic E-state index is 12.0. The van der Waals surface area contributed by atoms with Crippen LogP contribution in [-0.2, 0) is 16.1 Å². The average molecular weight is 356 g/mol. The number of rotatable bonds is 5. The Balaban J connectivity index is 1.61. The predicted molar refractivity (Wildman–Crippen MR) is 91.8 cm³/mol. The molecule has 0 aromatic carbocycles. The normalized spacial score (nSPS) is 16.2. The van der Waals surface area contributed by atoms with Crippen molar-refractivity contribution < 1.29 is 14.3 Å². The van der Waals surface area contributed by atoms with Crippen molar-refractivity contribution in [1.29, 1.82) is 0 Å². The second kappa shape index (κ2) is 8.62. The lowest BCUT2D eigenvalue weighted by Crippen LogP contribution is -2.41. The number of hydrogen-bond donors (Lipinski definition) is 0. The van der Waals surface area contributed by atoms with Gasteiger partial charge in [0.15, 0.2) is 5.15 Å². The van der Waals surface area contributed by atoms with Gasteiger partial charge in [-0.2, -0.15) is 5.10 Å². The number of amides is 1. The number of likely N-dealkylation sites (tertiary alicyclic amines) is 1. The smallest absolute Gasteiger partial charge is 0.410 e. The highest BCUT2D eigenvalue weighted by Gasteiger charge is 2.26. The molecule has 0 bridgehead atoms. The van der Waals surface area contributed by atoms with Crippen molar-refractivity contribution in [3.05, 3.63) is 23.0 Å². The van der Waals surface area contributed by atoms with Gasteiger partial charge in [-0.25, -0.2) is 4.79 Å². The molecule has 0 radical (unpaired) electrons. The first kappa shape index (κ1) is 18.9. The van der Waals surface area contributed by atoms with Gasteiger partial charge in [-0.1, -0.05) is 11.6 Å². The van der Waals surface area contributed by atoms with E-state index >= 15 is 0 Å². The van der Waals surface area contributed by atoms with Crippen LogP contribution in [0.1, 0.15) is 45.7 Å². The van der Waals surface area contributed by atoms with E-state index in [2.05, 4.69) is 10.2 Å². The number of halogens is 1. The molecule has 0 atom stereocenters. The SMILES string of the molecule is CC(C)(C)OC(=O)N1CCC(CCOCc2ccc(Cl)nn2)CC1. The van der Waals surface area contributed by atoms with E-state index in [9.17, 15) is 4.79 Å². The zero-order valence-corrected chi connectivity index (χ0v) is 15.4. The summed E-state index contributed by atoms with van der Waals surface area (Å²) in [6.07, 6.45) is 2.76. The van der Waals surface area contributed by atoms with Gasteiger partial charge >= 0.3 is 6.09 Å². The van der Waals surface area contributed by atoms with Gasteiger partial charge in [0.1, 0.15) is 5.60 Å². The molecule has 1 aromatic heterocycles. The molecule has 1 fully saturated rings. The monoisotopic (exact) mass is 355 g/mol. The Morgan fingerprint density at radius 3 is 2.58 bits per heavy atom. The summed E-state index contributed by atoms with van der Waals surface area (Å²) in [5.41, 5.74) is 0.339. The molecule has 0 spiro atoms. The van der Waals surface area contributed by atoms with Crippen molar-refractivity contribution in [1.82, 2.24) is 15.1 Å². The quantitative estimate of drug-likeness (QED) is 0.754. The van der Waals surface area contributed by atoms with Crippen molar-refractivity contribution in [3.63, 3.8) is 0 Å². The summed E-state index contributed by atoms with van der Waals surface area (Å²) in [4.78, 5) is 13.8. The van der Waals surface area contributed by atoms with E-state index in [-0.39, 0.29) is 6.09 Å². The highest BCUT2D eigenvalue weighted by molar-refractivity contribution is 6.29. The van der Waals surface area contributed by atoms with Crippen LogP contribution < -0.4 is 0 Å². The minimum absolute atomic E-state index is 0.210. The van der Waals surface area contributed by atoms with Gasteiger partial charge in [0.2, 0.25) is 0 Å². The molecule has 0 N–H and O–H groups in total. The van der Waals surface area contributed by atoms with Gasteiger partial charge < -0.3 is 14.4 Å². The lowest BCUT2D eigenvalue weighted by atomic mass is 9.94. The van der Waals surface area contributed by atoms with Crippen LogP contribution in [0.5, 0.6) is 0 Å². The largest absolute Gasteiger partial charge is 0.444 e. The molecule has 24 heavy (non-hydrogen) atoms. The second-order valence-electron chi connectivity index (χ2n) is 7.10. The molecular weight excluding hydrogens is 330 g/mol. The van der Waals surface area contributed by atoms with E-state index in [4.69, 9.17) is 21.1 Å². The number of ether oxygens (including phenoxy) is 2. The lowest BCUT2D eigenvalue weighted by Gasteiger charge is -2.33. The number of hydrogen-bond acceptors (Lipinski definition) is 5. The molecule has 134 valence electrons. The fourth-order valence-corrected chi connectivity index (χ4v) is 2.68. The fraction of sp³-hybridized carbons (Fsp3) is 0.706. The zero-order valence-electron chi connectivity index (χ0n) is 14.6. The molecule has 1 aliphatic heterocycles. The van der Waals surface area contributed by atoms with E-state index in [1.807, 2.05) is 26.8 Å². The van der Waals surface area contributed by atoms with Gasteiger partial charge in [0.25, 0.3) is 0 Å². The third-order valence-corrected chi connectivity index (χ3v) is 4.08. The summed E-state index contributed by atoms with van der Waals surface area (Å²) < 4.78 is 11.1. The first-order chi connectivity index (χ1) is 11.3. The average Bonchev–Trinajstić information content (AvgIpc) is 2.52. The van der Waals surface area contributed by atoms with Crippen molar-refractivity contribution in [2.45, 2.75) is 52.2 Å². The van der Waals surface area contributed by atoms with Gasteiger partial charge in [-0.05, 0) is 58.1 Å². The maximum Gasteiger partial charge on any atom is 0.410 e. The van der Waals surface area contributed by atoms with Crippen LogP contribution in [0.15, 0.2) is 12.1 Å². The summed E-state index contributed by atoms with van der Waals surface area (Å²) in [5, 5.41) is 8.12. The minimum atomic E-state index is -0.438. The summed E-state index contributed by atoms with van der Waals surface area (Å²) in [6, 6.07) is 3.52. The van der Waals surface area contributed by atoms with E-state index in [0.29, 0.717) is 24.3 Å². The van der Waals surface area contributed by atoms with E-state index < -0.39 is 5.60 Å². The molecule has 1 aromatic rings. The van der Waals surface area contributed by atoms with Crippen molar-refractivity contribution in [2.24, 2.45) is 5.92 Å². The van der Waals surface area contributed by atoms with Crippen LogP contribution in [0.4, 0.5) is 4.79 Å². The van der Waals surface area contributed by atoms with Crippen LogP contribution >= 0.6 is 11.6 Å². The number of carbonyl (C=O) groups excluding carboxylic acids is 1. The van der Waals surface area contributed by atoms with Gasteiger partial charge in [0.05, 0.1) is 12.3 Å². The van der Waals surface area contributed by atoms with Crippen LogP contribution in [-0.4, -0.2) is 46.5 Å². The standard InChI is InChI=1S/C17H26ClN3O3/c1-17(2,3)24-16(22)21-9-6-13(7-10-21)8-11-23-12-14-4-5-15(18)20-19-14/h4-5,13H,6-12H2,1-3H3. The first-order valence-electron chi connectivity index (χ1n) is 8.37. The van der Waals surface area contributed by atoms with E-state index in [1.54, 1.807) is 11.0 Å². The molecule has 1 amide bonds. The summed E-state index contributed by atoms with van der Waals surface area (Å²) in [6.45, 7) is 8.30. The van der Waals surface area contributed by atoms with Gasteiger partial charge in [0, 0.05) is 19.7 Å². The van der Waals surface area contributed by atoms with Crippen LogP contribution in [0.25, 0.3) is 0 Å². The highest BCUT2D eigenvalue weighted by Crippen LogP contribution is 2.22. The molecule has 7 heteroatoms. The van der Waals surface area contributed by atoms with E-state index in [0.717, 1.165) is 38.0 Å². The van der Waals surface area contributed by atoms with Gasteiger partial charge in [-0.15, -0.1) is 5.10 Å². The van der Waals surface area contributed by atoms with E-state index in [1.165, 1.54) is 0 Å². The maximum absolute atomic E-state index is 12.0. The topological polar surface area (TPSA) is 64.5 Å². The molecular formula is C17H26ClN3O3. The number of carbonyl (C=O) groups is 1. The number of piperidine rings is 1. The zero-order chi connectivity index (χ0) is 17.6. The van der Waals surface area contributed by atoms with Crippen molar-refractivity contribution in [3.8, 4) is 0 Å². The summed E-state index contributed by atoms with van der Waals surface area (Å²) in [7, 11) is 0. The third-order valence-electron chi connectivity index (χ3n) is 3.87. The number of aromatic nitrogens is 2. The van der Waals surface area contributed by atoms with Crippen LogP contribution in [0.2, 0.25) is 5.15 Å². The Labute approximate surface area is 148 Å². The minimum Gasteiger partial charge on any atom is -0.444 e. The van der Waals surface area contributed by atoms with Crippen LogP contribution in [0.3, 0.4) is 0 Å². The van der Waals surface area contributed by atoms with Crippen molar-refractivity contribution >= 4 is 17.7 Å². The third kappa shape index (κ3) is 6.61. The molecule has 1 aliphatic rings. The highest BCUT2D eigenvalue weighted by atomic mass is 35.5. The molecule has 6 nitrogen and oxygen atoms in total. The second-order valence-corrected chi connectivity index (χ2v) is 7.49. The molecule has 0 unspecified atom stereocenters. The number of nitrogens with zero attached hydrogens (tertiary/aromatic N) is 3. The first-order valence-corrected chi connectivity index (χ1v) is 8.75. The Bertz CT molecular complexity index is 523. The Morgan fingerprint density at radius 1 is 1.29 bits per heavy atom. The molecule has 1 saturated heterocycles. The Hall–Kier alpha value is -1.40. The lowest BCUT2D eigenvalue weighted by molar-refractivity contribution is 0.0164. The Kier molecular flexibility index (Phi) is 6.80. The van der Waals surface area contributed by atoms with Gasteiger partial charge in [-0.3, -0.25) is 0 Å².